The number of amides is 1. The van der Waals surface area contributed by atoms with Gasteiger partial charge in [-0.3, -0.25) is 4.79 Å². The van der Waals surface area contributed by atoms with E-state index in [1.807, 2.05) is 4.90 Å². The number of hydrogen-bond donors (Lipinski definition) is 1. The van der Waals surface area contributed by atoms with Crippen molar-refractivity contribution in [2.75, 3.05) is 32.8 Å². The molecule has 0 bridgehead atoms. The van der Waals surface area contributed by atoms with Gasteiger partial charge in [0.1, 0.15) is 0 Å². The van der Waals surface area contributed by atoms with Crippen LogP contribution in [0.1, 0.15) is 26.2 Å². The minimum Gasteiger partial charge on any atom is -0.378 e. The van der Waals surface area contributed by atoms with Crippen LogP contribution in [0.25, 0.3) is 0 Å². The second kappa shape index (κ2) is 6.80. The van der Waals surface area contributed by atoms with Gasteiger partial charge >= 0.3 is 0 Å². The fourth-order valence-electron chi connectivity index (χ4n) is 2.03. The van der Waals surface area contributed by atoms with E-state index in [1.54, 1.807) is 0 Å². The molecule has 1 aliphatic rings. The molecule has 1 saturated heterocycles. The molecular formula is C11H22N2O2. The van der Waals surface area contributed by atoms with E-state index < -0.39 is 0 Å². The molecule has 0 spiro atoms. The third-order valence-electron chi connectivity index (χ3n) is 2.76. The number of likely N-dealkylation sites (tertiary alicyclic amines) is 1. The third-order valence-corrected chi connectivity index (χ3v) is 2.76. The van der Waals surface area contributed by atoms with Gasteiger partial charge in [-0.25, -0.2) is 0 Å². The summed E-state index contributed by atoms with van der Waals surface area (Å²) in [6.45, 7) is 5.55. The number of nitrogens with zero attached hydrogens (tertiary/aromatic N) is 1. The fraction of sp³-hybridized carbons (Fsp3) is 0.909. The third kappa shape index (κ3) is 4.18. The molecule has 0 saturated carbocycles. The highest BCUT2D eigenvalue weighted by Crippen LogP contribution is 2.21. The first-order valence-corrected chi connectivity index (χ1v) is 5.83. The summed E-state index contributed by atoms with van der Waals surface area (Å²) in [6.07, 6.45) is 3.05. The molecule has 0 radical (unpaired) electrons. The second-order valence-corrected chi connectivity index (χ2v) is 4.10. The van der Waals surface area contributed by atoms with Crippen LogP contribution in [0.5, 0.6) is 0 Å². The molecule has 1 rings (SSSR count). The van der Waals surface area contributed by atoms with Gasteiger partial charge in [-0.1, -0.05) is 13.3 Å². The normalized spacial score (nSPS) is 21.3. The van der Waals surface area contributed by atoms with E-state index in [2.05, 4.69) is 6.92 Å². The lowest BCUT2D eigenvalue weighted by atomic mass is 10.0. The van der Waals surface area contributed by atoms with Crippen molar-refractivity contribution in [1.82, 2.24) is 4.90 Å². The van der Waals surface area contributed by atoms with Gasteiger partial charge in [0.15, 0.2) is 0 Å². The molecular weight excluding hydrogens is 192 g/mol. The Hall–Kier alpha value is -0.610. The van der Waals surface area contributed by atoms with E-state index in [0.717, 1.165) is 32.4 Å². The Balaban J connectivity index is 2.16. The minimum absolute atomic E-state index is 0.282. The predicted molar refractivity (Wildman–Crippen MR) is 59.5 cm³/mol. The Morgan fingerprint density at radius 1 is 1.53 bits per heavy atom. The van der Waals surface area contributed by atoms with Crippen LogP contribution in [0.2, 0.25) is 0 Å². The Kier molecular flexibility index (Phi) is 5.65. The van der Waals surface area contributed by atoms with Crippen LogP contribution < -0.4 is 5.73 Å². The van der Waals surface area contributed by atoms with Crippen molar-refractivity contribution >= 4 is 5.91 Å². The van der Waals surface area contributed by atoms with Crippen LogP contribution >= 0.6 is 0 Å². The molecule has 1 atom stereocenters. The largest absolute Gasteiger partial charge is 0.378 e. The number of ether oxygens (including phenoxy) is 1. The summed E-state index contributed by atoms with van der Waals surface area (Å²) in [4.78, 5) is 13.5. The molecule has 0 aromatic carbocycles. The molecule has 1 heterocycles. The van der Waals surface area contributed by atoms with Crippen LogP contribution in [0, 0.1) is 5.92 Å². The first-order valence-electron chi connectivity index (χ1n) is 5.83. The van der Waals surface area contributed by atoms with Crippen molar-refractivity contribution in [1.29, 1.82) is 0 Å². The summed E-state index contributed by atoms with van der Waals surface area (Å²) in [7, 11) is 0. The maximum absolute atomic E-state index is 11.6. The minimum atomic E-state index is 0.282. The monoisotopic (exact) mass is 214 g/mol. The first kappa shape index (κ1) is 12.5. The van der Waals surface area contributed by atoms with Crippen molar-refractivity contribution in [3.63, 3.8) is 0 Å². The average molecular weight is 214 g/mol. The zero-order valence-corrected chi connectivity index (χ0v) is 9.58. The molecule has 88 valence electrons. The fourth-order valence-corrected chi connectivity index (χ4v) is 2.03. The van der Waals surface area contributed by atoms with Gasteiger partial charge in [0.05, 0.1) is 13.2 Å². The number of hydrogen-bond acceptors (Lipinski definition) is 3. The molecule has 1 amide bonds. The highest BCUT2D eigenvalue weighted by atomic mass is 16.5. The Morgan fingerprint density at radius 3 is 3.00 bits per heavy atom. The predicted octanol–water partition coefficient (Wildman–Crippen LogP) is 0.610. The molecule has 0 aromatic rings. The van der Waals surface area contributed by atoms with Gasteiger partial charge in [-0.2, -0.15) is 0 Å². The maximum atomic E-state index is 11.6. The lowest BCUT2D eigenvalue weighted by Gasteiger charge is -2.16. The summed E-state index contributed by atoms with van der Waals surface area (Å²) in [6, 6.07) is 0. The average Bonchev–Trinajstić information content (AvgIpc) is 2.55. The lowest BCUT2D eigenvalue weighted by Crippen LogP contribution is -2.29. The second-order valence-electron chi connectivity index (χ2n) is 4.10. The van der Waals surface area contributed by atoms with Crippen LogP contribution in [0.4, 0.5) is 0 Å². The van der Waals surface area contributed by atoms with Crippen LogP contribution in [0.3, 0.4) is 0 Å². The number of rotatable bonds is 7. The summed E-state index contributed by atoms with van der Waals surface area (Å²) in [5, 5.41) is 0. The Labute approximate surface area is 91.8 Å². The Morgan fingerprint density at radius 2 is 2.33 bits per heavy atom. The highest BCUT2D eigenvalue weighted by Gasteiger charge is 2.28. The van der Waals surface area contributed by atoms with Crippen molar-refractivity contribution in [3.8, 4) is 0 Å². The SMILES string of the molecule is CCCC1CC(=O)N(CCOCCN)C1. The van der Waals surface area contributed by atoms with Crippen molar-refractivity contribution in [2.45, 2.75) is 26.2 Å². The quantitative estimate of drug-likeness (QED) is 0.632. The van der Waals surface area contributed by atoms with E-state index in [4.69, 9.17) is 10.5 Å². The molecule has 2 N–H and O–H groups in total. The molecule has 15 heavy (non-hydrogen) atoms. The molecule has 0 aliphatic carbocycles. The van der Waals surface area contributed by atoms with Crippen molar-refractivity contribution in [3.05, 3.63) is 0 Å². The van der Waals surface area contributed by atoms with Crippen molar-refractivity contribution < 1.29 is 9.53 Å². The summed E-state index contributed by atoms with van der Waals surface area (Å²) < 4.78 is 5.27. The maximum Gasteiger partial charge on any atom is 0.223 e. The summed E-state index contributed by atoms with van der Waals surface area (Å²) in [5.74, 6) is 0.849. The van der Waals surface area contributed by atoms with Crippen LogP contribution in [-0.2, 0) is 9.53 Å². The zero-order valence-electron chi connectivity index (χ0n) is 9.58. The highest BCUT2D eigenvalue weighted by molar-refractivity contribution is 5.78. The standard InChI is InChI=1S/C11H22N2O2/c1-2-3-10-8-11(14)13(9-10)5-7-15-6-4-12/h10H,2-9,12H2,1H3. The van der Waals surface area contributed by atoms with Gasteiger partial charge < -0.3 is 15.4 Å². The molecule has 1 unspecified atom stereocenters. The first-order chi connectivity index (χ1) is 7.27. The topological polar surface area (TPSA) is 55.6 Å². The van der Waals surface area contributed by atoms with Gasteiger partial charge in [0.25, 0.3) is 0 Å². The zero-order chi connectivity index (χ0) is 11.1. The van der Waals surface area contributed by atoms with Crippen molar-refractivity contribution in [2.24, 2.45) is 11.7 Å². The van der Waals surface area contributed by atoms with Gasteiger partial charge in [0.2, 0.25) is 5.91 Å². The van der Waals surface area contributed by atoms with E-state index in [0.29, 0.717) is 25.7 Å². The summed E-state index contributed by atoms with van der Waals surface area (Å²) >= 11 is 0. The molecule has 4 nitrogen and oxygen atoms in total. The molecule has 4 heteroatoms. The summed E-state index contributed by atoms with van der Waals surface area (Å²) in [5.41, 5.74) is 5.31. The van der Waals surface area contributed by atoms with Gasteiger partial charge in [-0.05, 0) is 12.3 Å². The van der Waals surface area contributed by atoms with E-state index in [1.165, 1.54) is 0 Å². The van der Waals surface area contributed by atoms with E-state index >= 15 is 0 Å². The molecule has 1 fully saturated rings. The van der Waals surface area contributed by atoms with Crippen LogP contribution in [0.15, 0.2) is 0 Å². The number of nitrogens with two attached hydrogens (primary N) is 1. The van der Waals surface area contributed by atoms with E-state index in [-0.39, 0.29) is 5.91 Å². The Bertz CT molecular complexity index is 197. The molecule has 1 aliphatic heterocycles. The number of carbonyl (C=O) groups is 1. The van der Waals surface area contributed by atoms with E-state index in [9.17, 15) is 4.79 Å². The van der Waals surface area contributed by atoms with Gasteiger partial charge in [-0.15, -0.1) is 0 Å². The molecule has 0 aromatic heterocycles. The lowest BCUT2D eigenvalue weighted by molar-refractivity contribution is -0.128. The van der Waals surface area contributed by atoms with Crippen LogP contribution in [-0.4, -0.2) is 43.7 Å². The van der Waals surface area contributed by atoms with Gasteiger partial charge in [0, 0.05) is 26.1 Å². The number of carbonyl (C=O) groups excluding carboxylic acids is 1. The smallest absolute Gasteiger partial charge is 0.223 e.